The summed E-state index contributed by atoms with van der Waals surface area (Å²) in [5.74, 6) is 0.654. The summed E-state index contributed by atoms with van der Waals surface area (Å²) in [5, 5.41) is 0. The molecule has 1 aliphatic heterocycles. The van der Waals surface area contributed by atoms with E-state index in [-0.39, 0.29) is 0 Å². The van der Waals surface area contributed by atoms with Crippen LogP contribution < -0.4 is 4.74 Å². The van der Waals surface area contributed by atoms with E-state index in [9.17, 15) is 0 Å². The Balaban J connectivity index is 1.45. The van der Waals surface area contributed by atoms with Crippen molar-refractivity contribution in [2.45, 2.75) is 12.8 Å². The lowest BCUT2D eigenvalue weighted by Crippen LogP contribution is -2.15. The molecule has 5 heterocycles. The summed E-state index contributed by atoms with van der Waals surface area (Å²) in [6.45, 7) is 3.04. The summed E-state index contributed by atoms with van der Waals surface area (Å²) < 4.78 is 13.4. The molecule has 7 nitrogen and oxygen atoms in total. The molecule has 0 unspecified atom stereocenters. The molecule has 4 aromatic heterocycles. The molecule has 164 valence electrons. The molecule has 0 spiro atoms. The van der Waals surface area contributed by atoms with Crippen LogP contribution in [0.3, 0.4) is 0 Å². The van der Waals surface area contributed by atoms with Crippen LogP contribution in [0.5, 0.6) is 5.88 Å². The van der Waals surface area contributed by atoms with E-state index in [1.54, 1.807) is 0 Å². The first-order valence-electron chi connectivity index (χ1n) is 11.0. The van der Waals surface area contributed by atoms with Gasteiger partial charge in [0.2, 0.25) is 5.88 Å². The molecule has 0 N–H and O–H groups in total. The molecule has 4 aromatic rings. The van der Waals surface area contributed by atoms with Crippen molar-refractivity contribution < 1.29 is 9.47 Å². The van der Waals surface area contributed by atoms with E-state index in [0.717, 1.165) is 59.4 Å². The third-order valence-electron chi connectivity index (χ3n) is 5.68. The molecule has 5 rings (SSSR count). The van der Waals surface area contributed by atoms with E-state index in [0.29, 0.717) is 19.1 Å². The number of pyridine rings is 3. The maximum Gasteiger partial charge on any atom is 0.213 e. The number of nitrogens with zero attached hydrogens (tertiary/aromatic N) is 5. The maximum absolute atomic E-state index is 5.77. The van der Waals surface area contributed by atoms with Crippen LogP contribution in [0.2, 0.25) is 0 Å². The predicted octanol–water partition coefficient (Wildman–Crippen LogP) is 4.08. The van der Waals surface area contributed by atoms with Crippen molar-refractivity contribution in [3.05, 3.63) is 60.7 Å². The first-order valence-corrected chi connectivity index (χ1v) is 11.0. The minimum Gasteiger partial charge on any atom is -0.478 e. The fourth-order valence-corrected chi connectivity index (χ4v) is 4.04. The lowest BCUT2D eigenvalue weighted by molar-refractivity contribution is 0.161. The minimum atomic E-state index is 0.642. The minimum absolute atomic E-state index is 0.642. The van der Waals surface area contributed by atoms with Crippen molar-refractivity contribution in [2.75, 3.05) is 40.5 Å². The van der Waals surface area contributed by atoms with Crippen LogP contribution in [0.25, 0.3) is 33.4 Å². The van der Waals surface area contributed by atoms with Gasteiger partial charge in [0.05, 0.1) is 31.5 Å². The van der Waals surface area contributed by atoms with Gasteiger partial charge in [-0.1, -0.05) is 6.08 Å². The molecular weight excluding hydrogens is 402 g/mol. The first-order chi connectivity index (χ1) is 15.7. The first kappa shape index (κ1) is 20.6. The Kier molecular flexibility index (Phi) is 5.83. The Morgan fingerprint density at radius 3 is 2.78 bits per heavy atom. The average Bonchev–Trinajstić information content (AvgIpc) is 3.21. The van der Waals surface area contributed by atoms with Gasteiger partial charge in [-0.15, -0.1) is 0 Å². The predicted molar refractivity (Wildman–Crippen MR) is 126 cm³/mol. The zero-order chi connectivity index (χ0) is 21.9. The van der Waals surface area contributed by atoms with E-state index in [1.807, 2.05) is 30.7 Å². The number of ether oxygens (including phenoxy) is 2. The van der Waals surface area contributed by atoms with Gasteiger partial charge in [0, 0.05) is 47.9 Å². The Bertz CT molecular complexity index is 1260. The second kappa shape index (κ2) is 9.06. The second-order valence-electron chi connectivity index (χ2n) is 8.26. The molecule has 0 radical (unpaired) electrons. The number of rotatable bonds is 7. The molecule has 0 bridgehead atoms. The molecule has 1 aliphatic rings. The lowest BCUT2D eigenvalue weighted by atomic mass is 10.0. The van der Waals surface area contributed by atoms with Crippen LogP contribution in [0, 0.1) is 0 Å². The average molecular weight is 430 g/mol. The number of fused-ring (bicyclic) bond motifs is 3. The Hall–Kier alpha value is -3.29. The van der Waals surface area contributed by atoms with Crippen LogP contribution in [0.4, 0.5) is 0 Å². The van der Waals surface area contributed by atoms with E-state index in [2.05, 4.69) is 57.8 Å². The fraction of sp³-hybridized carbons (Fsp3) is 0.320. The smallest absolute Gasteiger partial charge is 0.213 e. The van der Waals surface area contributed by atoms with Gasteiger partial charge in [-0.25, -0.2) is 9.97 Å². The highest BCUT2D eigenvalue weighted by atomic mass is 16.5. The van der Waals surface area contributed by atoms with Crippen LogP contribution in [-0.4, -0.2) is 64.7 Å². The van der Waals surface area contributed by atoms with E-state index in [4.69, 9.17) is 14.5 Å². The molecule has 0 amide bonds. The van der Waals surface area contributed by atoms with Gasteiger partial charge in [0.1, 0.15) is 11.2 Å². The molecule has 0 atom stereocenters. The van der Waals surface area contributed by atoms with Crippen LogP contribution in [-0.2, 0) is 4.74 Å². The quantitative estimate of drug-likeness (QED) is 0.413. The number of imidazole rings is 1. The molecular formula is C25H27N5O2. The monoisotopic (exact) mass is 429 g/mol. The summed E-state index contributed by atoms with van der Waals surface area (Å²) >= 11 is 0. The maximum atomic E-state index is 5.77. The van der Waals surface area contributed by atoms with Crippen LogP contribution in [0.15, 0.2) is 55.1 Å². The highest BCUT2D eigenvalue weighted by Crippen LogP contribution is 2.30. The summed E-state index contributed by atoms with van der Waals surface area (Å²) in [7, 11) is 4.13. The van der Waals surface area contributed by atoms with Crippen molar-refractivity contribution in [1.29, 1.82) is 0 Å². The van der Waals surface area contributed by atoms with Gasteiger partial charge >= 0.3 is 0 Å². The molecule has 0 aromatic carbocycles. The van der Waals surface area contributed by atoms with Crippen molar-refractivity contribution in [3.63, 3.8) is 0 Å². The highest BCUT2D eigenvalue weighted by Gasteiger charge is 2.15. The summed E-state index contributed by atoms with van der Waals surface area (Å²) in [6.07, 6.45) is 11.8. The standard InChI is InChI=1S/C25H27N5O2/c1-29(2)10-3-11-32-24-7-5-19(14-27-24)20-4-6-23-28-22-16-26-15-21(25(22)30(23)17-20)18-8-12-31-13-9-18/h4-8,14-17H,3,9-13H2,1-2H3. The Morgan fingerprint density at radius 1 is 1.09 bits per heavy atom. The number of hydrogen-bond donors (Lipinski definition) is 0. The third-order valence-corrected chi connectivity index (χ3v) is 5.68. The SMILES string of the molecule is CN(C)CCCOc1ccc(-c2ccc3nc4cncc(C5=CCOCC5)c4n3c2)cn1. The van der Waals surface area contributed by atoms with E-state index >= 15 is 0 Å². The van der Waals surface area contributed by atoms with Crippen molar-refractivity contribution in [2.24, 2.45) is 0 Å². The van der Waals surface area contributed by atoms with Crippen molar-refractivity contribution >= 4 is 22.3 Å². The van der Waals surface area contributed by atoms with Gasteiger partial charge in [-0.2, -0.15) is 0 Å². The summed E-state index contributed by atoms with van der Waals surface area (Å²) in [6, 6.07) is 8.11. The number of aromatic nitrogens is 4. The van der Waals surface area contributed by atoms with Crippen LogP contribution in [0.1, 0.15) is 18.4 Å². The zero-order valence-corrected chi connectivity index (χ0v) is 18.5. The van der Waals surface area contributed by atoms with Crippen molar-refractivity contribution in [1.82, 2.24) is 24.3 Å². The van der Waals surface area contributed by atoms with E-state index in [1.165, 1.54) is 5.57 Å². The lowest BCUT2D eigenvalue weighted by Gasteiger charge is -2.14. The second-order valence-corrected chi connectivity index (χ2v) is 8.26. The molecule has 32 heavy (non-hydrogen) atoms. The van der Waals surface area contributed by atoms with Gasteiger partial charge in [-0.3, -0.25) is 9.38 Å². The van der Waals surface area contributed by atoms with Gasteiger partial charge in [-0.05, 0) is 50.7 Å². The number of hydrogen-bond acceptors (Lipinski definition) is 6. The van der Waals surface area contributed by atoms with Gasteiger partial charge in [0.25, 0.3) is 0 Å². The normalized spacial score (nSPS) is 14.3. The van der Waals surface area contributed by atoms with Crippen LogP contribution >= 0.6 is 0 Å². The summed E-state index contributed by atoms with van der Waals surface area (Å²) in [5.41, 5.74) is 7.38. The third kappa shape index (κ3) is 4.22. The molecule has 0 aliphatic carbocycles. The molecule has 0 saturated carbocycles. The Morgan fingerprint density at radius 2 is 2.00 bits per heavy atom. The largest absolute Gasteiger partial charge is 0.478 e. The molecule has 7 heteroatoms. The van der Waals surface area contributed by atoms with Gasteiger partial charge in [0.15, 0.2) is 0 Å². The highest BCUT2D eigenvalue weighted by molar-refractivity contribution is 5.91. The summed E-state index contributed by atoms with van der Waals surface area (Å²) in [4.78, 5) is 15.9. The topological polar surface area (TPSA) is 64.8 Å². The van der Waals surface area contributed by atoms with E-state index < -0.39 is 0 Å². The molecule has 0 saturated heterocycles. The fourth-order valence-electron chi connectivity index (χ4n) is 4.04. The van der Waals surface area contributed by atoms with Crippen molar-refractivity contribution in [3.8, 4) is 17.0 Å². The zero-order valence-electron chi connectivity index (χ0n) is 18.5. The Labute approximate surface area is 187 Å². The van der Waals surface area contributed by atoms with Gasteiger partial charge < -0.3 is 14.4 Å². The molecule has 0 fully saturated rings.